The Morgan fingerprint density at radius 2 is 2.18 bits per heavy atom. The second kappa shape index (κ2) is 3.21. The molecule has 0 N–H and O–H groups in total. The van der Waals surface area contributed by atoms with Crippen LogP contribution in [0.3, 0.4) is 0 Å². The van der Waals surface area contributed by atoms with Crippen LogP contribution >= 0.6 is 0 Å². The Hall–Kier alpha value is -0.590. The third-order valence-corrected chi connectivity index (χ3v) is 2.78. The zero-order valence-corrected chi connectivity index (χ0v) is 7.50. The number of hydrogen-bond acceptors (Lipinski definition) is 1. The molecule has 0 amide bonds. The summed E-state index contributed by atoms with van der Waals surface area (Å²) in [7, 11) is 0. The highest BCUT2D eigenvalue weighted by molar-refractivity contribution is 5.55. The summed E-state index contributed by atoms with van der Waals surface area (Å²) in [5.41, 5.74) is 1.37. The lowest BCUT2D eigenvalue weighted by atomic mass is 9.76. The van der Waals surface area contributed by atoms with Crippen LogP contribution in [-0.2, 0) is 4.79 Å². The Morgan fingerprint density at radius 1 is 1.55 bits per heavy atom. The maximum atomic E-state index is 10.6. The highest BCUT2D eigenvalue weighted by Crippen LogP contribution is 2.31. The third-order valence-electron chi connectivity index (χ3n) is 2.78. The van der Waals surface area contributed by atoms with Gasteiger partial charge in [0.1, 0.15) is 6.29 Å². The summed E-state index contributed by atoms with van der Waals surface area (Å²) in [5.74, 6) is 1.35. The third kappa shape index (κ3) is 1.70. The first-order valence-corrected chi connectivity index (χ1v) is 4.27. The predicted octanol–water partition coefficient (Wildman–Crippen LogP) is 2.42. The summed E-state index contributed by atoms with van der Waals surface area (Å²) in [4.78, 5) is 10.6. The Bertz CT molecular complexity index is 181. The summed E-state index contributed by atoms with van der Waals surface area (Å²) in [6.45, 7) is 6.45. The van der Waals surface area contributed by atoms with Gasteiger partial charge < -0.3 is 4.79 Å². The van der Waals surface area contributed by atoms with Crippen LogP contribution in [0.5, 0.6) is 0 Å². The minimum absolute atomic E-state index is 0.259. The van der Waals surface area contributed by atoms with Gasteiger partial charge in [0.2, 0.25) is 0 Å². The number of rotatable bonds is 1. The zero-order valence-electron chi connectivity index (χ0n) is 7.50. The zero-order chi connectivity index (χ0) is 8.43. The van der Waals surface area contributed by atoms with Crippen molar-refractivity contribution in [2.45, 2.75) is 27.2 Å². The molecule has 0 aliphatic heterocycles. The molecule has 1 aliphatic carbocycles. The molecular formula is C10H16O. The van der Waals surface area contributed by atoms with E-state index in [1.54, 1.807) is 0 Å². The van der Waals surface area contributed by atoms with Crippen molar-refractivity contribution in [2.75, 3.05) is 0 Å². The highest BCUT2D eigenvalue weighted by atomic mass is 16.1. The van der Waals surface area contributed by atoms with Gasteiger partial charge in [-0.3, -0.25) is 0 Å². The standard InChI is InChI=1S/C10H16O/c1-7-4-8(2)9(3)10(5-7)6-11/h4,6,8-10H,5H2,1-3H3. The van der Waals surface area contributed by atoms with E-state index in [-0.39, 0.29) is 5.92 Å². The molecule has 1 heteroatoms. The van der Waals surface area contributed by atoms with Crippen LogP contribution < -0.4 is 0 Å². The van der Waals surface area contributed by atoms with Crippen molar-refractivity contribution in [3.63, 3.8) is 0 Å². The van der Waals surface area contributed by atoms with Gasteiger partial charge in [-0.25, -0.2) is 0 Å². The molecule has 0 aromatic carbocycles. The molecule has 3 unspecified atom stereocenters. The molecule has 0 aromatic heterocycles. The van der Waals surface area contributed by atoms with E-state index >= 15 is 0 Å². The fraction of sp³-hybridized carbons (Fsp3) is 0.700. The second-order valence-electron chi connectivity index (χ2n) is 3.74. The van der Waals surface area contributed by atoms with Crippen molar-refractivity contribution in [1.29, 1.82) is 0 Å². The number of aldehydes is 1. The number of carbonyl (C=O) groups excluding carboxylic acids is 1. The Morgan fingerprint density at radius 3 is 2.73 bits per heavy atom. The molecular weight excluding hydrogens is 136 g/mol. The molecule has 1 nitrogen and oxygen atoms in total. The molecule has 0 bridgehead atoms. The second-order valence-corrected chi connectivity index (χ2v) is 3.74. The average Bonchev–Trinajstić information content (AvgIpc) is 1.96. The van der Waals surface area contributed by atoms with E-state index in [4.69, 9.17) is 0 Å². The predicted molar refractivity (Wildman–Crippen MR) is 46.3 cm³/mol. The monoisotopic (exact) mass is 152 g/mol. The van der Waals surface area contributed by atoms with E-state index in [2.05, 4.69) is 26.8 Å². The summed E-state index contributed by atoms with van der Waals surface area (Å²) in [5, 5.41) is 0. The molecule has 0 aromatic rings. The fourth-order valence-corrected chi connectivity index (χ4v) is 1.79. The number of carbonyl (C=O) groups is 1. The van der Waals surface area contributed by atoms with Crippen LogP contribution in [0.4, 0.5) is 0 Å². The summed E-state index contributed by atoms with van der Waals surface area (Å²) >= 11 is 0. The maximum Gasteiger partial charge on any atom is 0.123 e. The molecule has 0 radical (unpaired) electrons. The quantitative estimate of drug-likeness (QED) is 0.416. The molecule has 3 atom stereocenters. The van der Waals surface area contributed by atoms with Crippen LogP contribution in [0.1, 0.15) is 27.2 Å². The topological polar surface area (TPSA) is 17.1 Å². The van der Waals surface area contributed by atoms with Crippen LogP contribution in [0, 0.1) is 17.8 Å². The summed E-state index contributed by atoms with van der Waals surface area (Å²) < 4.78 is 0. The van der Waals surface area contributed by atoms with Crippen molar-refractivity contribution in [2.24, 2.45) is 17.8 Å². The van der Waals surface area contributed by atoms with Crippen molar-refractivity contribution in [3.05, 3.63) is 11.6 Å². The van der Waals surface area contributed by atoms with Gasteiger partial charge in [0.25, 0.3) is 0 Å². The van der Waals surface area contributed by atoms with Crippen molar-refractivity contribution >= 4 is 6.29 Å². The van der Waals surface area contributed by atoms with E-state index < -0.39 is 0 Å². The highest BCUT2D eigenvalue weighted by Gasteiger charge is 2.25. The number of allylic oxidation sites excluding steroid dienone is 2. The maximum absolute atomic E-state index is 10.6. The Labute approximate surface area is 68.5 Å². The normalized spacial score (nSPS) is 38.1. The van der Waals surface area contributed by atoms with E-state index in [0.29, 0.717) is 11.8 Å². The lowest BCUT2D eigenvalue weighted by Crippen LogP contribution is -2.23. The minimum atomic E-state index is 0.259. The fourth-order valence-electron chi connectivity index (χ4n) is 1.79. The van der Waals surface area contributed by atoms with Crippen molar-refractivity contribution < 1.29 is 4.79 Å². The van der Waals surface area contributed by atoms with Gasteiger partial charge in [-0.05, 0) is 25.2 Å². The summed E-state index contributed by atoms with van der Waals surface area (Å²) in [6, 6.07) is 0. The van der Waals surface area contributed by atoms with Crippen molar-refractivity contribution in [3.8, 4) is 0 Å². The Kier molecular flexibility index (Phi) is 2.48. The van der Waals surface area contributed by atoms with Gasteiger partial charge in [0.15, 0.2) is 0 Å². The van der Waals surface area contributed by atoms with E-state index in [0.717, 1.165) is 12.7 Å². The molecule has 62 valence electrons. The first kappa shape index (κ1) is 8.51. The SMILES string of the molecule is CC1=CC(C)C(C)C(C=O)C1. The molecule has 11 heavy (non-hydrogen) atoms. The lowest BCUT2D eigenvalue weighted by molar-refractivity contribution is -0.112. The molecule has 0 saturated carbocycles. The van der Waals surface area contributed by atoms with Gasteiger partial charge >= 0.3 is 0 Å². The van der Waals surface area contributed by atoms with Crippen LogP contribution in [0.15, 0.2) is 11.6 Å². The van der Waals surface area contributed by atoms with Gasteiger partial charge in [0.05, 0.1) is 0 Å². The first-order chi connectivity index (χ1) is 5.15. The largest absolute Gasteiger partial charge is 0.303 e. The molecule has 0 fully saturated rings. The first-order valence-electron chi connectivity index (χ1n) is 4.27. The average molecular weight is 152 g/mol. The minimum Gasteiger partial charge on any atom is -0.303 e. The molecule has 1 aliphatic rings. The smallest absolute Gasteiger partial charge is 0.123 e. The van der Waals surface area contributed by atoms with Gasteiger partial charge in [-0.1, -0.05) is 25.5 Å². The molecule has 0 heterocycles. The summed E-state index contributed by atoms with van der Waals surface area (Å²) in [6.07, 6.45) is 4.36. The Balaban J connectivity index is 2.75. The van der Waals surface area contributed by atoms with Crippen LogP contribution in [-0.4, -0.2) is 6.29 Å². The van der Waals surface area contributed by atoms with E-state index in [9.17, 15) is 4.79 Å². The molecule has 1 rings (SSSR count). The van der Waals surface area contributed by atoms with Crippen LogP contribution in [0.2, 0.25) is 0 Å². The lowest BCUT2D eigenvalue weighted by Gasteiger charge is -2.28. The van der Waals surface area contributed by atoms with Crippen LogP contribution in [0.25, 0.3) is 0 Å². The number of hydrogen-bond donors (Lipinski definition) is 0. The van der Waals surface area contributed by atoms with Crippen molar-refractivity contribution in [1.82, 2.24) is 0 Å². The van der Waals surface area contributed by atoms with Gasteiger partial charge in [-0.2, -0.15) is 0 Å². The molecule has 0 saturated heterocycles. The van der Waals surface area contributed by atoms with Gasteiger partial charge in [0, 0.05) is 5.92 Å². The molecule has 0 spiro atoms. The van der Waals surface area contributed by atoms with E-state index in [1.807, 2.05) is 0 Å². The van der Waals surface area contributed by atoms with Gasteiger partial charge in [-0.15, -0.1) is 0 Å². The van der Waals surface area contributed by atoms with E-state index in [1.165, 1.54) is 5.57 Å².